The van der Waals surface area contributed by atoms with E-state index >= 15 is 0 Å². The molecule has 0 bridgehead atoms. The summed E-state index contributed by atoms with van der Waals surface area (Å²) in [5.74, 6) is 1.77. The first-order valence-corrected chi connectivity index (χ1v) is 8.16. The summed E-state index contributed by atoms with van der Waals surface area (Å²) in [6, 6.07) is 14.2. The van der Waals surface area contributed by atoms with E-state index in [0.717, 1.165) is 43.2 Å². The SMILES string of the molecule is CN=C(NCCc1ccco1)NCCc1cccc2cccnc12.I. The standard InChI is InChI=1S/C19H22N4O.HI/c1-20-19(23-13-10-17-8-4-14-24-17)22-12-9-16-6-2-5-15-7-3-11-21-18(15)16;/h2-8,11,14H,9-10,12-13H2,1H3,(H2,20,22,23);1H. The van der Waals surface area contributed by atoms with Gasteiger partial charge in [-0.25, -0.2) is 0 Å². The second kappa shape index (κ2) is 10.0. The first-order valence-electron chi connectivity index (χ1n) is 8.16. The van der Waals surface area contributed by atoms with Crippen molar-refractivity contribution in [2.75, 3.05) is 20.1 Å². The van der Waals surface area contributed by atoms with E-state index in [4.69, 9.17) is 4.42 Å². The van der Waals surface area contributed by atoms with Crippen molar-refractivity contribution in [2.45, 2.75) is 12.8 Å². The summed E-state index contributed by atoms with van der Waals surface area (Å²) >= 11 is 0. The van der Waals surface area contributed by atoms with Crippen molar-refractivity contribution in [3.63, 3.8) is 0 Å². The number of para-hydroxylation sites is 1. The Morgan fingerprint density at radius 1 is 1.04 bits per heavy atom. The molecule has 0 fully saturated rings. The Labute approximate surface area is 165 Å². The maximum absolute atomic E-state index is 5.32. The Morgan fingerprint density at radius 3 is 2.60 bits per heavy atom. The predicted molar refractivity (Wildman–Crippen MR) is 113 cm³/mol. The number of aliphatic imine (C=N–C) groups is 1. The minimum absolute atomic E-state index is 0. The fourth-order valence-electron chi connectivity index (χ4n) is 2.66. The third-order valence-electron chi connectivity index (χ3n) is 3.87. The number of hydrogen-bond acceptors (Lipinski definition) is 3. The van der Waals surface area contributed by atoms with E-state index in [2.05, 4.69) is 44.9 Å². The van der Waals surface area contributed by atoms with Crippen molar-refractivity contribution in [3.8, 4) is 0 Å². The molecule has 3 aromatic rings. The van der Waals surface area contributed by atoms with Gasteiger partial charge >= 0.3 is 0 Å². The number of nitrogens with one attached hydrogen (secondary N) is 2. The number of nitrogens with zero attached hydrogens (tertiary/aromatic N) is 2. The van der Waals surface area contributed by atoms with Crippen molar-refractivity contribution in [1.82, 2.24) is 15.6 Å². The molecule has 3 rings (SSSR count). The Bertz CT molecular complexity index is 797. The van der Waals surface area contributed by atoms with Crippen LogP contribution in [0.3, 0.4) is 0 Å². The highest BCUT2D eigenvalue weighted by molar-refractivity contribution is 14.0. The summed E-state index contributed by atoms with van der Waals surface area (Å²) in [5, 5.41) is 7.81. The van der Waals surface area contributed by atoms with Gasteiger partial charge < -0.3 is 15.1 Å². The molecule has 1 aromatic carbocycles. The summed E-state index contributed by atoms with van der Waals surface area (Å²) in [5.41, 5.74) is 2.31. The lowest BCUT2D eigenvalue weighted by atomic mass is 10.1. The molecule has 6 heteroatoms. The molecule has 0 amide bonds. The number of fused-ring (bicyclic) bond motifs is 1. The van der Waals surface area contributed by atoms with E-state index in [-0.39, 0.29) is 24.0 Å². The Hall–Kier alpha value is -2.09. The van der Waals surface area contributed by atoms with Crippen molar-refractivity contribution in [2.24, 2.45) is 4.99 Å². The quantitative estimate of drug-likeness (QED) is 0.344. The van der Waals surface area contributed by atoms with Crippen LogP contribution < -0.4 is 10.6 Å². The van der Waals surface area contributed by atoms with Crippen molar-refractivity contribution < 1.29 is 4.42 Å². The number of halogens is 1. The number of benzene rings is 1. The van der Waals surface area contributed by atoms with E-state index in [1.807, 2.05) is 24.4 Å². The van der Waals surface area contributed by atoms with Crippen molar-refractivity contribution in [3.05, 3.63) is 66.2 Å². The molecule has 0 unspecified atom stereocenters. The van der Waals surface area contributed by atoms with Gasteiger partial charge in [0.15, 0.2) is 5.96 Å². The molecule has 132 valence electrons. The zero-order chi connectivity index (χ0) is 16.6. The first-order chi connectivity index (χ1) is 11.9. The van der Waals surface area contributed by atoms with Gasteiger partial charge in [0.25, 0.3) is 0 Å². The second-order valence-electron chi connectivity index (χ2n) is 5.50. The minimum atomic E-state index is 0. The van der Waals surface area contributed by atoms with Gasteiger partial charge in [0.05, 0.1) is 11.8 Å². The molecule has 5 nitrogen and oxygen atoms in total. The minimum Gasteiger partial charge on any atom is -0.469 e. The summed E-state index contributed by atoms with van der Waals surface area (Å²) in [6.07, 6.45) is 5.27. The van der Waals surface area contributed by atoms with Gasteiger partial charge in [0.2, 0.25) is 0 Å². The van der Waals surface area contributed by atoms with Crippen LogP contribution in [0.1, 0.15) is 11.3 Å². The van der Waals surface area contributed by atoms with E-state index in [1.54, 1.807) is 13.3 Å². The average molecular weight is 450 g/mol. The normalized spacial score (nSPS) is 11.2. The van der Waals surface area contributed by atoms with Crippen molar-refractivity contribution >= 4 is 40.8 Å². The Balaban J connectivity index is 0.00000225. The van der Waals surface area contributed by atoms with E-state index in [0.29, 0.717) is 0 Å². The van der Waals surface area contributed by atoms with E-state index in [9.17, 15) is 0 Å². The molecule has 0 saturated heterocycles. The molecular weight excluding hydrogens is 427 g/mol. The highest BCUT2D eigenvalue weighted by Gasteiger charge is 2.03. The van der Waals surface area contributed by atoms with Crippen LogP contribution in [0.5, 0.6) is 0 Å². The van der Waals surface area contributed by atoms with Crippen LogP contribution in [-0.4, -0.2) is 31.1 Å². The topological polar surface area (TPSA) is 62.5 Å². The van der Waals surface area contributed by atoms with E-state index in [1.165, 1.54) is 10.9 Å². The van der Waals surface area contributed by atoms with Gasteiger partial charge in [-0.05, 0) is 30.2 Å². The summed E-state index contributed by atoms with van der Waals surface area (Å²) in [6.45, 7) is 1.58. The molecule has 2 heterocycles. The van der Waals surface area contributed by atoms with Gasteiger partial charge in [-0.15, -0.1) is 24.0 Å². The molecule has 0 saturated carbocycles. The molecule has 0 aliphatic rings. The number of guanidine groups is 1. The van der Waals surface area contributed by atoms with Crippen LogP contribution in [0.25, 0.3) is 10.9 Å². The van der Waals surface area contributed by atoms with Gasteiger partial charge in [0.1, 0.15) is 5.76 Å². The van der Waals surface area contributed by atoms with Crippen LogP contribution in [0.2, 0.25) is 0 Å². The third-order valence-corrected chi connectivity index (χ3v) is 3.87. The average Bonchev–Trinajstić information content (AvgIpc) is 3.14. The van der Waals surface area contributed by atoms with Crippen LogP contribution in [0, 0.1) is 0 Å². The third kappa shape index (κ3) is 5.45. The Kier molecular flexibility index (Phi) is 7.72. The van der Waals surface area contributed by atoms with Crippen LogP contribution in [0.15, 0.2) is 64.3 Å². The van der Waals surface area contributed by atoms with E-state index < -0.39 is 0 Å². The van der Waals surface area contributed by atoms with Gasteiger partial charge in [-0.2, -0.15) is 0 Å². The Morgan fingerprint density at radius 2 is 1.84 bits per heavy atom. The van der Waals surface area contributed by atoms with Gasteiger partial charge in [0, 0.05) is 38.1 Å². The first kappa shape index (κ1) is 19.2. The number of rotatable bonds is 6. The fraction of sp³-hybridized carbons (Fsp3) is 0.263. The number of hydrogen-bond donors (Lipinski definition) is 2. The molecule has 2 aromatic heterocycles. The van der Waals surface area contributed by atoms with Crippen LogP contribution in [0.4, 0.5) is 0 Å². The largest absolute Gasteiger partial charge is 0.469 e. The molecule has 0 aliphatic carbocycles. The lowest BCUT2D eigenvalue weighted by Gasteiger charge is -2.12. The lowest BCUT2D eigenvalue weighted by molar-refractivity contribution is 0.507. The molecular formula is C19H23IN4O. The van der Waals surface area contributed by atoms with Crippen LogP contribution >= 0.6 is 24.0 Å². The highest BCUT2D eigenvalue weighted by atomic mass is 127. The van der Waals surface area contributed by atoms with Crippen molar-refractivity contribution in [1.29, 1.82) is 0 Å². The number of furan rings is 1. The molecule has 0 aliphatic heterocycles. The summed E-state index contributed by atoms with van der Waals surface area (Å²) in [4.78, 5) is 8.74. The highest BCUT2D eigenvalue weighted by Crippen LogP contribution is 2.15. The van der Waals surface area contributed by atoms with Gasteiger partial charge in [-0.1, -0.05) is 24.3 Å². The zero-order valence-corrected chi connectivity index (χ0v) is 16.6. The lowest BCUT2D eigenvalue weighted by Crippen LogP contribution is -2.39. The molecule has 2 N–H and O–H groups in total. The molecule has 0 atom stereocenters. The zero-order valence-electron chi connectivity index (χ0n) is 14.2. The maximum atomic E-state index is 5.32. The molecule has 0 radical (unpaired) electrons. The summed E-state index contributed by atoms with van der Waals surface area (Å²) in [7, 11) is 1.78. The molecule has 25 heavy (non-hydrogen) atoms. The fourth-order valence-corrected chi connectivity index (χ4v) is 2.66. The maximum Gasteiger partial charge on any atom is 0.191 e. The number of aromatic nitrogens is 1. The monoisotopic (exact) mass is 450 g/mol. The second-order valence-corrected chi connectivity index (χ2v) is 5.50. The predicted octanol–water partition coefficient (Wildman–Crippen LogP) is 3.40. The van der Waals surface area contributed by atoms with Crippen LogP contribution in [-0.2, 0) is 12.8 Å². The smallest absolute Gasteiger partial charge is 0.191 e. The van der Waals surface area contributed by atoms with Gasteiger partial charge in [-0.3, -0.25) is 9.98 Å². The summed E-state index contributed by atoms with van der Waals surface area (Å²) < 4.78 is 5.32. The molecule has 0 spiro atoms. The number of pyridine rings is 1.